The molecular weight excluding hydrogens is 471 g/mol. The Balaban J connectivity index is 0.000000384. The molecule has 0 atom stereocenters. The number of halogens is 3. The van der Waals surface area contributed by atoms with E-state index >= 15 is 0 Å². The van der Waals surface area contributed by atoms with Crippen molar-refractivity contribution in [1.82, 2.24) is 9.88 Å². The molecular formula is C27H24F3N3O3. The molecule has 0 radical (unpaired) electrons. The Labute approximate surface area is 206 Å². The molecule has 5 rings (SSSR count). The number of carboxylic acid groups (broad SMARTS) is 1. The first-order valence-electron chi connectivity index (χ1n) is 11.3. The normalized spacial score (nSPS) is 14.4. The number of carboxylic acids is 1. The number of carbonyl (C=O) groups excluding carboxylic acids is 2. The molecule has 3 aromatic rings. The summed E-state index contributed by atoms with van der Waals surface area (Å²) in [6.07, 6.45) is -0.0526. The van der Waals surface area contributed by atoms with Crippen LogP contribution in [0, 0.1) is 0 Å². The average Bonchev–Trinajstić information content (AvgIpc) is 3.19. The van der Waals surface area contributed by atoms with Crippen molar-refractivity contribution < 1.29 is 32.4 Å². The van der Waals surface area contributed by atoms with E-state index in [9.17, 15) is 18.0 Å². The summed E-state index contributed by atoms with van der Waals surface area (Å²) in [5.74, 6) is -2.93. The minimum absolute atomic E-state index is 0.0787. The summed E-state index contributed by atoms with van der Waals surface area (Å²) in [4.78, 5) is 22.0. The molecule has 0 unspecified atom stereocenters. The van der Waals surface area contributed by atoms with Crippen LogP contribution in [0.4, 0.5) is 13.2 Å². The summed E-state index contributed by atoms with van der Waals surface area (Å²) >= 11 is 0. The fraction of sp³-hybridized carbons (Fsp3) is 0.222. The third-order valence-electron chi connectivity index (χ3n) is 6.02. The van der Waals surface area contributed by atoms with Gasteiger partial charge in [0.05, 0.1) is 11.3 Å². The maximum atomic E-state index is 13.2. The van der Waals surface area contributed by atoms with Crippen LogP contribution in [0.2, 0.25) is 0 Å². The van der Waals surface area contributed by atoms with Gasteiger partial charge in [0.25, 0.3) is 0 Å². The fourth-order valence-electron chi connectivity index (χ4n) is 4.36. The molecule has 0 spiro atoms. The molecule has 0 bridgehead atoms. The van der Waals surface area contributed by atoms with Crippen LogP contribution in [-0.4, -0.2) is 39.3 Å². The maximum absolute atomic E-state index is 13.2. The van der Waals surface area contributed by atoms with Crippen molar-refractivity contribution in [1.29, 1.82) is 0 Å². The minimum atomic E-state index is -5.19. The number of nitrogens with zero attached hydrogens (tertiary/aromatic N) is 2. The number of hydrogen-bond acceptors (Lipinski definition) is 4. The molecule has 0 amide bonds. The quantitative estimate of drug-likeness (QED) is 0.553. The van der Waals surface area contributed by atoms with Crippen molar-refractivity contribution in [2.75, 3.05) is 6.54 Å². The molecule has 9 heteroatoms. The second-order valence-corrected chi connectivity index (χ2v) is 8.54. The summed E-state index contributed by atoms with van der Waals surface area (Å²) in [5, 5.41) is 12.2. The zero-order chi connectivity index (χ0) is 25.9. The topological polar surface area (TPSA) is 77.2 Å². The Morgan fingerprint density at radius 1 is 1.06 bits per heavy atom. The first-order valence-corrected chi connectivity index (χ1v) is 11.3. The number of carbonyl (C=O) groups is 2. The largest absolute Gasteiger partial charge is 0.542 e. The summed E-state index contributed by atoms with van der Waals surface area (Å²) < 4.78 is 35.9. The van der Waals surface area contributed by atoms with Crippen molar-refractivity contribution in [2.45, 2.75) is 25.7 Å². The van der Waals surface area contributed by atoms with E-state index in [1.54, 1.807) is 0 Å². The fourth-order valence-corrected chi connectivity index (χ4v) is 4.36. The van der Waals surface area contributed by atoms with E-state index < -0.39 is 12.1 Å². The predicted octanol–water partition coefficient (Wildman–Crippen LogP) is 2.75. The van der Waals surface area contributed by atoms with Crippen molar-refractivity contribution >= 4 is 17.5 Å². The number of benzene rings is 2. The van der Waals surface area contributed by atoms with Crippen molar-refractivity contribution in [3.63, 3.8) is 0 Å². The molecule has 2 aliphatic rings. The van der Waals surface area contributed by atoms with Gasteiger partial charge in [-0.2, -0.15) is 13.2 Å². The molecule has 2 aromatic carbocycles. The predicted molar refractivity (Wildman–Crippen MR) is 125 cm³/mol. The Kier molecular flexibility index (Phi) is 7.10. The zero-order valence-corrected chi connectivity index (χ0v) is 19.5. The van der Waals surface area contributed by atoms with Gasteiger partial charge in [-0.05, 0) is 11.1 Å². The SMILES string of the molecule is Cn1cc2c3c1C(=O)C(NCc1ccccc1)=CC3=[N+](Cc1ccccc1)CC2.O=C([O-])C(F)(F)F. The molecule has 0 saturated heterocycles. The van der Waals surface area contributed by atoms with Gasteiger partial charge in [0, 0.05) is 37.8 Å². The van der Waals surface area contributed by atoms with E-state index in [-0.39, 0.29) is 5.78 Å². The van der Waals surface area contributed by atoms with Crippen LogP contribution >= 0.6 is 0 Å². The third-order valence-corrected chi connectivity index (χ3v) is 6.02. The number of aromatic nitrogens is 1. The zero-order valence-electron chi connectivity index (χ0n) is 19.5. The lowest BCUT2D eigenvalue weighted by Gasteiger charge is -2.21. The highest BCUT2D eigenvalue weighted by Gasteiger charge is 2.37. The summed E-state index contributed by atoms with van der Waals surface area (Å²) in [7, 11) is 1.98. The van der Waals surface area contributed by atoms with E-state index in [0.717, 1.165) is 42.0 Å². The first kappa shape index (κ1) is 25.0. The highest BCUT2D eigenvalue weighted by molar-refractivity contribution is 6.24. The number of alkyl halides is 3. The Hall–Kier alpha value is -4.14. The van der Waals surface area contributed by atoms with Crippen molar-refractivity contribution in [3.05, 3.63) is 107 Å². The van der Waals surface area contributed by atoms with Gasteiger partial charge < -0.3 is 19.8 Å². The van der Waals surface area contributed by atoms with Crippen LogP contribution in [0.25, 0.3) is 0 Å². The number of Topliss-reactive ketones (excluding diaryl/α,β-unsaturated/α-hetero) is 1. The van der Waals surface area contributed by atoms with Gasteiger partial charge in [-0.15, -0.1) is 0 Å². The maximum Gasteiger partial charge on any atom is 0.430 e. The molecule has 1 aliphatic heterocycles. The average molecular weight is 496 g/mol. The summed E-state index contributed by atoms with van der Waals surface area (Å²) in [6, 6.07) is 20.7. The molecule has 0 saturated carbocycles. The van der Waals surface area contributed by atoms with E-state index in [2.05, 4.69) is 58.6 Å². The van der Waals surface area contributed by atoms with Gasteiger partial charge >= 0.3 is 6.18 Å². The lowest BCUT2D eigenvalue weighted by Crippen LogP contribution is -2.37. The molecule has 1 N–H and O–H groups in total. The second kappa shape index (κ2) is 10.2. The monoisotopic (exact) mass is 495 g/mol. The van der Waals surface area contributed by atoms with Crippen LogP contribution in [0.15, 0.2) is 78.6 Å². The van der Waals surface area contributed by atoms with Crippen molar-refractivity contribution in [2.24, 2.45) is 7.05 Å². The summed E-state index contributed by atoms with van der Waals surface area (Å²) in [5.41, 5.74) is 7.45. The highest BCUT2D eigenvalue weighted by Crippen LogP contribution is 2.29. The van der Waals surface area contributed by atoms with Gasteiger partial charge in [0.15, 0.2) is 6.54 Å². The molecule has 36 heavy (non-hydrogen) atoms. The first-order chi connectivity index (χ1) is 17.1. The molecule has 1 aromatic heterocycles. The Bertz CT molecular complexity index is 1340. The smallest absolute Gasteiger partial charge is 0.430 e. The van der Waals surface area contributed by atoms with E-state index in [1.807, 2.05) is 35.9 Å². The molecule has 6 nitrogen and oxygen atoms in total. The number of hydrogen-bond donors (Lipinski definition) is 1. The van der Waals surface area contributed by atoms with E-state index in [0.29, 0.717) is 12.2 Å². The molecule has 2 heterocycles. The number of allylic oxidation sites excluding steroid dienone is 2. The van der Waals surface area contributed by atoms with Gasteiger partial charge in [-0.1, -0.05) is 60.7 Å². The van der Waals surface area contributed by atoms with Gasteiger partial charge in [-0.3, -0.25) is 4.79 Å². The minimum Gasteiger partial charge on any atom is -0.542 e. The standard InChI is InChI=1S/C25H23N3O.C2HF3O2/c1-27-17-20-12-13-28(16-19-10-6-3-7-11-19)22-14-21(25(29)24(27)23(20)22)26-15-18-8-4-2-5-9-18;3-2(4,5)1(6)7/h2-11,14,17H,12-13,15-16H2,1H3;(H,6,7). The number of rotatable bonds is 5. The van der Waals surface area contributed by atoms with Gasteiger partial charge in [0.2, 0.25) is 11.5 Å². The number of aliphatic carboxylic acids is 1. The van der Waals surface area contributed by atoms with Crippen LogP contribution in [-0.2, 0) is 31.4 Å². The van der Waals surface area contributed by atoms with Crippen molar-refractivity contribution in [3.8, 4) is 0 Å². The van der Waals surface area contributed by atoms with E-state index in [4.69, 9.17) is 9.90 Å². The van der Waals surface area contributed by atoms with Crippen LogP contribution in [0.3, 0.4) is 0 Å². The lowest BCUT2D eigenvalue weighted by atomic mass is 9.91. The number of nitrogens with one attached hydrogen (secondary N) is 1. The van der Waals surface area contributed by atoms with Gasteiger partial charge in [-0.25, -0.2) is 4.58 Å². The van der Waals surface area contributed by atoms with Crippen LogP contribution in [0.1, 0.15) is 32.7 Å². The molecule has 186 valence electrons. The van der Waals surface area contributed by atoms with E-state index in [1.165, 1.54) is 11.1 Å². The highest BCUT2D eigenvalue weighted by atomic mass is 19.4. The lowest BCUT2D eigenvalue weighted by molar-refractivity contribution is -0.543. The molecule has 1 aliphatic carbocycles. The van der Waals surface area contributed by atoms with Crippen LogP contribution in [0.5, 0.6) is 0 Å². The number of ketones is 1. The Morgan fingerprint density at radius 2 is 1.64 bits per heavy atom. The van der Waals surface area contributed by atoms with Crippen LogP contribution < -0.4 is 10.4 Å². The number of aryl methyl sites for hydroxylation is 1. The second-order valence-electron chi connectivity index (χ2n) is 8.54. The summed E-state index contributed by atoms with van der Waals surface area (Å²) in [6.45, 7) is 2.44. The molecule has 0 fully saturated rings. The third kappa shape index (κ3) is 5.40. The Morgan fingerprint density at radius 3 is 2.22 bits per heavy atom. The van der Waals surface area contributed by atoms with Gasteiger partial charge in [0.1, 0.15) is 18.2 Å².